The molecule has 248 valence electrons. The van der Waals surface area contributed by atoms with E-state index in [1.54, 1.807) is 41.4 Å². The van der Waals surface area contributed by atoms with E-state index in [9.17, 15) is 18.8 Å². The number of nitrogens with two attached hydrogens (primary N) is 1. The van der Waals surface area contributed by atoms with Crippen LogP contribution in [0, 0.1) is 11.8 Å². The third-order valence-electron chi connectivity index (χ3n) is 8.57. The molecule has 0 spiro atoms. The molecule has 1 saturated heterocycles. The highest BCUT2D eigenvalue weighted by Gasteiger charge is 2.43. The number of carbonyl (C=O) groups is 3. The Morgan fingerprint density at radius 3 is 2.60 bits per heavy atom. The standard InChI is InChI=1S/C34H35FN8O5/c1-20(44)47-19-31(41-36)42-38-18-26(21-5-3-2-4-6-21)22-10-13-43(14-11-22)34(46)29-15-23(9-12-37-29)33-40-28-16-24(7-8-30(28)48-33)39-32(45)25-17-27(25)35/h2-9,12,15-16,22,25-27H,10-11,13-14,17-19,36H2,1H3,(H,39,45)/b41-31-,42-38-/t25-,26+,27+/m1/s1. The number of hydrogen-bond donors (Lipinski definition) is 2. The fourth-order valence-electron chi connectivity index (χ4n) is 5.84. The van der Waals surface area contributed by atoms with Crippen LogP contribution in [0.3, 0.4) is 0 Å². The van der Waals surface area contributed by atoms with Crippen molar-refractivity contribution >= 4 is 40.4 Å². The van der Waals surface area contributed by atoms with Crippen molar-refractivity contribution in [3.63, 3.8) is 0 Å². The summed E-state index contributed by atoms with van der Waals surface area (Å²) in [6.45, 7) is 2.59. The Bertz CT molecular complexity index is 1850. The monoisotopic (exact) mass is 654 g/mol. The molecule has 48 heavy (non-hydrogen) atoms. The van der Waals surface area contributed by atoms with Gasteiger partial charge >= 0.3 is 5.97 Å². The van der Waals surface area contributed by atoms with Crippen molar-refractivity contribution in [2.45, 2.75) is 38.3 Å². The quantitative estimate of drug-likeness (QED) is 0.0592. The number of nitrogens with one attached hydrogen (secondary N) is 1. The van der Waals surface area contributed by atoms with E-state index in [-0.39, 0.29) is 48.2 Å². The number of likely N-dealkylation sites (tertiary alicyclic amines) is 1. The molecule has 2 aromatic heterocycles. The summed E-state index contributed by atoms with van der Waals surface area (Å²) in [6, 6.07) is 18.5. The maximum atomic E-state index is 13.6. The summed E-state index contributed by atoms with van der Waals surface area (Å²) in [4.78, 5) is 47.5. The van der Waals surface area contributed by atoms with Crippen LogP contribution in [0.2, 0.25) is 0 Å². The molecule has 2 aliphatic rings. The molecule has 1 saturated carbocycles. The van der Waals surface area contributed by atoms with E-state index < -0.39 is 18.1 Å². The molecule has 1 aliphatic carbocycles. The minimum atomic E-state index is -1.08. The summed E-state index contributed by atoms with van der Waals surface area (Å²) in [5.41, 5.74) is 3.52. The topological polar surface area (TPSA) is 178 Å². The molecule has 3 heterocycles. The van der Waals surface area contributed by atoms with Gasteiger partial charge in [0.2, 0.25) is 17.6 Å². The molecule has 6 rings (SSSR count). The second kappa shape index (κ2) is 14.5. The van der Waals surface area contributed by atoms with Gasteiger partial charge in [-0.05, 0) is 61.1 Å². The number of aromatic nitrogens is 2. The smallest absolute Gasteiger partial charge is 0.303 e. The summed E-state index contributed by atoms with van der Waals surface area (Å²) in [5, 5.41) is 14.7. The highest BCUT2D eigenvalue weighted by Crippen LogP contribution is 2.36. The lowest BCUT2D eigenvalue weighted by atomic mass is 9.80. The molecular weight excluding hydrogens is 619 g/mol. The molecule has 3 atom stereocenters. The van der Waals surface area contributed by atoms with E-state index in [1.165, 1.54) is 6.92 Å². The first-order valence-corrected chi connectivity index (χ1v) is 15.7. The number of carbonyl (C=O) groups excluding carboxylic acids is 3. The number of benzene rings is 2. The van der Waals surface area contributed by atoms with Gasteiger partial charge in [0.15, 0.2) is 12.2 Å². The van der Waals surface area contributed by atoms with Crippen LogP contribution in [-0.2, 0) is 14.3 Å². The number of amidine groups is 1. The number of amides is 2. The van der Waals surface area contributed by atoms with Crippen molar-refractivity contribution in [3.05, 3.63) is 78.1 Å². The van der Waals surface area contributed by atoms with Gasteiger partial charge in [0.25, 0.3) is 5.91 Å². The van der Waals surface area contributed by atoms with Crippen molar-refractivity contribution in [1.82, 2.24) is 14.9 Å². The summed E-state index contributed by atoms with van der Waals surface area (Å²) < 4.78 is 24.1. The number of nitrogens with zero attached hydrogens (tertiary/aromatic N) is 6. The van der Waals surface area contributed by atoms with E-state index >= 15 is 0 Å². The molecule has 2 aromatic carbocycles. The second-order valence-corrected chi connectivity index (χ2v) is 11.9. The minimum absolute atomic E-state index is 0.0451. The Balaban J connectivity index is 1.10. The molecule has 1 aliphatic heterocycles. The highest BCUT2D eigenvalue weighted by atomic mass is 19.1. The minimum Gasteiger partial charge on any atom is -0.457 e. The zero-order valence-corrected chi connectivity index (χ0v) is 26.3. The molecule has 13 nitrogen and oxygen atoms in total. The molecular formula is C34H35FN8O5. The van der Waals surface area contributed by atoms with Crippen molar-refractivity contribution in [2.75, 3.05) is 31.6 Å². The van der Waals surface area contributed by atoms with Crippen molar-refractivity contribution in [3.8, 4) is 11.5 Å². The lowest BCUT2D eigenvalue weighted by Crippen LogP contribution is -2.40. The van der Waals surface area contributed by atoms with Gasteiger partial charge in [-0.3, -0.25) is 19.4 Å². The Morgan fingerprint density at radius 2 is 1.90 bits per heavy atom. The summed E-state index contributed by atoms with van der Waals surface area (Å²) in [5.74, 6) is 4.49. The number of hydrazone groups is 1. The van der Waals surface area contributed by atoms with Gasteiger partial charge in [-0.1, -0.05) is 30.3 Å². The van der Waals surface area contributed by atoms with Gasteiger partial charge in [0.05, 0.1) is 12.5 Å². The Kier molecular flexibility index (Phi) is 9.78. The largest absolute Gasteiger partial charge is 0.457 e. The van der Waals surface area contributed by atoms with Gasteiger partial charge in [-0.15, -0.1) is 5.11 Å². The lowest BCUT2D eigenvalue weighted by Gasteiger charge is -2.35. The van der Waals surface area contributed by atoms with Crippen LogP contribution in [0.5, 0.6) is 0 Å². The number of hydrogen-bond acceptors (Lipinski definition) is 10. The van der Waals surface area contributed by atoms with Crippen LogP contribution in [0.4, 0.5) is 10.1 Å². The predicted octanol–water partition coefficient (Wildman–Crippen LogP) is 5.11. The van der Waals surface area contributed by atoms with Crippen LogP contribution in [0.15, 0.2) is 86.6 Å². The number of rotatable bonds is 10. The Labute approximate surface area is 275 Å². The maximum absolute atomic E-state index is 13.6. The van der Waals surface area contributed by atoms with Crippen LogP contribution in [0.1, 0.15) is 48.2 Å². The lowest BCUT2D eigenvalue weighted by molar-refractivity contribution is -0.139. The number of anilines is 1. The van der Waals surface area contributed by atoms with Crippen molar-refractivity contribution < 1.29 is 27.9 Å². The molecule has 0 radical (unpaired) electrons. The van der Waals surface area contributed by atoms with Crippen LogP contribution < -0.4 is 11.2 Å². The zero-order valence-electron chi connectivity index (χ0n) is 26.3. The average Bonchev–Trinajstić information content (AvgIpc) is 3.70. The van der Waals surface area contributed by atoms with Crippen molar-refractivity contribution in [1.29, 1.82) is 0 Å². The number of pyridine rings is 1. The first-order chi connectivity index (χ1) is 23.3. The molecule has 2 amide bonds. The second-order valence-electron chi connectivity index (χ2n) is 11.9. The van der Waals surface area contributed by atoms with Gasteiger partial charge in [-0.25, -0.2) is 9.37 Å². The normalized spacial score (nSPS) is 19.0. The van der Waals surface area contributed by atoms with Crippen molar-refractivity contribution in [2.24, 2.45) is 33.0 Å². The summed E-state index contributed by atoms with van der Waals surface area (Å²) >= 11 is 0. The van der Waals surface area contributed by atoms with Crippen LogP contribution in [-0.4, -0.2) is 70.9 Å². The van der Waals surface area contributed by atoms with E-state index in [0.717, 1.165) is 18.4 Å². The van der Waals surface area contributed by atoms with Gasteiger partial charge in [-0.2, -0.15) is 10.2 Å². The fourth-order valence-corrected chi connectivity index (χ4v) is 5.84. The maximum Gasteiger partial charge on any atom is 0.303 e. The predicted molar refractivity (Wildman–Crippen MR) is 175 cm³/mol. The van der Waals surface area contributed by atoms with E-state index in [2.05, 4.69) is 42.7 Å². The van der Waals surface area contributed by atoms with E-state index in [4.69, 9.17) is 15.0 Å². The first-order valence-electron chi connectivity index (χ1n) is 15.7. The number of esters is 1. The average molecular weight is 655 g/mol. The number of azo groups is 1. The number of alkyl halides is 1. The third kappa shape index (κ3) is 7.70. The van der Waals surface area contributed by atoms with Gasteiger partial charge in [0.1, 0.15) is 17.4 Å². The highest BCUT2D eigenvalue weighted by molar-refractivity contribution is 5.96. The number of halogens is 1. The van der Waals surface area contributed by atoms with Gasteiger partial charge in [0, 0.05) is 43.4 Å². The molecule has 14 heteroatoms. The number of oxazole rings is 1. The number of ether oxygens (including phenoxy) is 1. The molecule has 0 bridgehead atoms. The molecule has 3 N–H and O–H groups in total. The summed E-state index contributed by atoms with van der Waals surface area (Å²) in [6.07, 6.45) is 2.22. The first kappa shape index (κ1) is 32.4. The van der Waals surface area contributed by atoms with Gasteiger partial charge < -0.3 is 25.2 Å². The third-order valence-corrected chi connectivity index (χ3v) is 8.57. The fraction of sp³-hybridized carbons (Fsp3) is 0.353. The van der Waals surface area contributed by atoms with E-state index in [1.807, 2.05) is 18.2 Å². The van der Waals surface area contributed by atoms with Crippen LogP contribution in [0.25, 0.3) is 22.6 Å². The Hall–Kier alpha value is -5.53. The van der Waals surface area contributed by atoms with E-state index in [0.29, 0.717) is 47.9 Å². The SMILES string of the molecule is CC(=O)OCC(/N=N\C[C@@H](c1ccccc1)C1CCN(C(=O)c2cc(-c3nc4cc(NC(=O)[C@@H]5C[C@@H]5F)ccc4o3)ccn2)CC1)=N/N. The molecule has 0 unspecified atom stereocenters. The molecule has 4 aromatic rings. The summed E-state index contributed by atoms with van der Waals surface area (Å²) in [7, 11) is 0. The number of piperidine rings is 1. The zero-order chi connectivity index (χ0) is 33.6. The van der Waals surface area contributed by atoms with Crippen LogP contribution >= 0.6 is 0 Å². The Morgan fingerprint density at radius 1 is 1.12 bits per heavy atom. The molecule has 2 fully saturated rings. The number of fused-ring (bicyclic) bond motifs is 1.